The predicted octanol–water partition coefficient (Wildman–Crippen LogP) is 2.83. The van der Waals surface area contributed by atoms with E-state index in [1.165, 1.54) is 11.3 Å². The van der Waals surface area contributed by atoms with Crippen LogP contribution in [0.25, 0.3) is 0 Å². The van der Waals surface area contributed by atoms with Gasteiger partial charge in [-0.2, -0.15) is 0 Å². The Balaban J connectivity index is 1.79. The molecule has 0 spiro atoms. The number of carbonyl (C=O) groups is 2. The molecule has 108 valence electrons. The number of carbonyl (C=O) groups excluding carboxylic acids is 2. The molecule has 1 aliphatic heterocycles. The molecule has 0 saturated carbocycles. The Hall–Kier alpha value is -2.21. The van der Waals surface area contributed by atoms with Gasteiger partial charge in [0.1, 0.15) is 0 Å². The fourth-order valence-electron chi connectivity index (χ4n) is 2.32. The topological polar surface area (TPSA) is 62.3 Å². The van der Waals surface area contributed by atoms with E-state index in [-0.39, 0.29) is 11.8 Å². The van der Waals surface area contributed by atoms with Crippen molar-refractivity contribution in [3.63, 3.8) is 0 Å². The minimum absolute atomic E-state index is 0.114. The summed E-state index contributed by atoms with van der Waals surface area (Å²) in [7, 11) is 0. The Morgan fingerprint density at radius 2 is 2.29 bits per heavy atom. The number of nitrogens with zero attached hydrogens (tertiary/aromatic N) is 2. The molecular formula is C15H15N3O2S. The van der Waals surface area contributed by atoms with E-state index in [1.54, 1.807) is 23.1 Å². The van der Waals surface area contributed by atoms with Gasteiger partial charge in [-0.3, -0.25) is 14.9 Å². The van der Waals surface area contributed by atoms with Crippen molar-refractivity contribution in [2.24, 2.45) is 0 Å². The predicted molar refractivity (Wildman–Crippen MR) is 82.8 cm³/mol. The quantitative estimate of drug-likeness (QED) is 0.948. The molecule has 2 heterocycles. The minimum Gasteiger partial charge on any atom is -0.312 e. The minimum atomic E-state index is -0.210. The van der Waals surface area contributed by atoms with Crippen molar-refractivity contribution in [1.82, 2.24) is 4.98 Å². The summed E-state index contributed by atoms with van der Waals surface area (Å²) in [5, 5.41) is 5.24. The van der Waals surface area contributed by atoms with Gasteiger partial charge in [0.2, 0.25) is 5.91 Å². The van der Waals surface area contributed by atoms with Crippen LogP contribution in [0.3, 0.4) is 0 Å². The van der Waals surface area contributed by atoms with Crippen molar-refractivity contribution in [2.45, 2.75) is 19.8 Å². The van der Waals surface area contributed by atoms with Crippen molar-refractivity contribution in [3.8, 4) is 0 Å². The van der Waals surface area contributed by atoms with Crippen LogP contribution >= 0.6 is 11.3 Å². The second kappa shape index (κ2) is 5.65. The SMILES string of the molecule is Cc1csc(NC(=O)c2cccc(N3CCCC3=O)c2)n1. The first kappa shape index (κ1) is 13.8. The summed E-state index contributed by atoms with van der Waals surface area (Å²) in [6.45, 7) is 2.60. The zero-order valence-corrected chi connectivity index (χ0v) is 12.4. The molecule has 21 heavy (non-hydrogen) atoms. The molecule has 1 aliphatic rings. The van der Waals surface area contributed by atoms with Gasteiger partial charge in [-0.15, -0.1) is 11.3 Å². The van der Waals surface area contributed by atoms with Crippen LogP contribution in [0.5, 0.6) is 0 Å². The third-order valence-electron chi connectivity index (χ3n) is 3.33. The van der Waals surface area contributed by atoms with E-state index in [1.807, 2.05) is 18.4 Å². The lowest BCUT2D eigenvalue weighted by Gasteiger charge is -2.16. The molecule has 1 N–H and O–H groups in total. The number of aryl methyl sites for hydroxylation is 1. The van der Waals surface area contributed by atoms with E-state index in [4.69, 9.17) is 0 Å². The molecule has 1 fully saturated rings. The van der Waals surface area contributed by atoms with Crippen LogP contribution in [0, 0.1) is 6.92 Å². The lowest BCUT2D eigenvalue weighted by atomic mass is 10.2. The summed E-state index contributed by atoms with van der Waals surface area (Å²) in [6.07, 6.45) is 1.45. The molecule has 1 aromatic carbocycles. The Morgan fingerprint density at radius 1 is 1.43 bits per heavy atom. The second-order valence-corrected chi connectivity index (χ2v) is 5.81. The third kappa shape index (κ3) is 2.95. The van der Waals surface area contributed by atoms with E-state index >= 15 is 0 Å². The van der Waals surface area contributed by atoms with Crippen molar-refractivity contribution < 1.29 is 9.59 Å². The van der Waals surface area contributed by atoms with Gasteiger partial charge < -0.3 is 4.90 Å². The first-order valence-electron chi connectivity index (χ1n) is 6.77. The van der Waals surface area contributed by atoms with Crippen LogP contribution in [-0.2, 0) is 4.79 Å². The van der Waals surface area contributed by atoms with E-state index in [9.17, 15) is 9.59 Å². The Kier molecular flexibility index (Phi) is 3.70. The van der Waals surface area contributed by atoms with Gasteiger partial charge in [-0.1, -0.05) is 6.07 Å². The average Bonchev–Trinajstić information content (AvgIpc) is 3.07. The van der Waals surface area contributed by atoms with Crippen LogP contribution in [0.15, 0.2) is 29.6 Å². The fourth-order valence-corrected chi connectivity index (χ4v) is 3.00. The van der Waals surface area contributed by atoms with Crippen LogP contribution in [-0.4, -0.2) is 23.3 Å². The van der Waals surface area contributed by atoms with Crippen LogP contribution in [0.2, 0.25) is 0 Å². The molecule has 5 nitrogen and oxygen atoms in total. The largest absolute Gasteiger partial charge is 0.312 e. The molecule has 3 rings (SSSR count). The maximum atomic E-state index is 12.2. The molecule has 6 heteroatoms. The van der Waals surface area contributed by atoms with Crippen LogP contribution in [0.4, 0.5) is 10.8 Å². The maximum absolute atomic E-state index is 12.2. The van der Waals surface area contributed by atoms with E-state index in [0.29, 0.717) is 17.1 Å². The molecule has 0 atom stereocenters. The normalized spacial score (nSPS) is 14.5. The molecule has 2 aromatic rings. The fraction of sp³-hybridized carbons (Fsp3) is 0.267. The zero-order chi connectivity index (χ0) is 14.8. The van der Waals surface area contributed by atoms with E-state index < -0.39 is 0 Å². The number of nitrogens with one attached hydrogen (secondary N) is 1. The van der Waals surface area contributed by atoms with Gasteiger partial charge >= 0.3 is 0 Å². The Labute approximate surface area is 126 Å². The molecule has 0 bridgehead atoms. The molecule has 0 aliphatic carbocycles. The monoisotopic (exact) mass is 301 g/mol. The highest BCUT2D eigenvalue weighted by atomic mass is 32.1. The number of benzene rings is 1. The second-order valence-electron chi connectivity index (χ2n) is 4.95. The highest BCUT2D eigenvalue weighted by molar-refractivity contribution is 7.13. The lowest BCUT2D eigenvalue weighted by Crippen LogP contribution is -2.24. The van der Waals surface area contributed by atoms with Gasteiger partial charge in [0.25, 0.3) is 5.91 Å². The number of thiazole rings is 1. The van der Waals surface area contributed by atoms with Gasteiger partial charge in [-0.05, 0) is 31.5 Å². The molecule has 0 radical (unpaired) electrons. The van der Waals surface area contributed by atoms with Crippen molar-refractivity contribution in [1.29, 1.82) is 0 Å². The number of rotatable bonds is 3. The summed E-state index contributed by atoms with van der Waals surface area (Å²) in [4.78, 5) is 29.9. The van der Waals surface area contributed by atoms with E-state index in [0.717, 1.165) is 24.3 Å². The average molecular weight is 301 g/mol. The molecule has 1 saturated heterocycles. The van der Waals surface area contributed by atoms with Gasteiger partial charge in [0.05, 0.1) is 5.69 Å². The van der Waals surface area contributed by atoms with Crippen LogP contribution in [0.1, 0.15) is 28.9 Å². The first-order valence-corrected chi connectivity index (χ1v) is 7.65. The molecule has 1 aromatic heterocycles. The summed E-state index contributed by atoms with van der Waals surface area (Å²) >= 11 is 1.39. The third-order valence-corrected chi connectivity index (χ3v) is 4.21. The summed E-state index contributed by atoms with van der Waals surface area (Å²) in [6, 6.07) is 7.13. The molecule has 2 amide bonds. The van der Waals surface area contributed by atoms with Crippen molar-refractivity contribution >= 4 is 34.0 Å². The lowest BCUT2D eigenvalue weighted by molar-refractivity contribution is -0.117. The summed E-state index contributed by atoms with van der Waals surface area (Å²) in [5.41, 5.74) is 2.19. The Morgan fingerprint density at radius 3 is 2.95 bits per heavy atom. The van der Waals surface area contributed by atoms with Crippen molar-refractivity contribution in [2.75, 3.05) is 16.8 Å². The van der Waals surface area contributed by atoms with Crippen LogP contribution < -0.4 is 10.2 Å². The summed E-state index contributed by atoms with van der Waals surface area (Å²) < 4.78 is 0. The molecular weight excluding hydrogens is 286 g/mol. The Bertz CT molecular complexity index is 696. The number of amides is 2. The van der Waals surface area contributed by atoms with E-state index in [2.05, 4.69) is 10.3 Å². The first-order chi connectivity index (χ1) is 10.1. The van der Waals surface area contributed by atoms with Gasteiger partial charge in [0.15, 0.2) is 5.13 Å². The van der Waals surface area contributed by atoms with Gasteiger partial charge in [-0.25, -0.2) is 4.98 Å². The summed E-state index contributed by atoms with van der Waals surface area (Å²) in [5.74, 6) is -0.0963. The maximum Gasteiger partial charge on any atom is 0.257 e. The number of hydrogen-bond acceptors (Lipinski definition) is 4. The highest BCUT2D eigenvalue weighted by Gasteiger charge is 2.22. The molecule has 0 unspecified atom stereocenters. The smallest absolute Gasteiger partial charge is 0.257 e. The number of anilines is 2. The standard InChI is InChI=1S/C15H15N3O2S/c1-10-9-21-15(16-10)17-14(20)11-4-2-5-12(8-11)18-7-3-6-13(18)19/h2,4-5,8-9H,3,6-7H2,1H3,(H,16,17,20). The zero-order valence-electron chi connectivity index (χ0n) is 11.6. The van der Waals surface area contributed by atoms with Crippen molar-refractivity contribution in [3.05, 3.63) is 40.9 Å². The van der Waals surface area contributed by atoms with Gasteiger partial charge in [0, 0.05) is 29.6 Å². The highest BCUT2D eigenvalue weighted by Crippen LogP contribution is 2.23. The number of aromatic nitrogens is 1. The number of hydrogen-bond donors (Lipinski definition) is 1.